The quantitative estimate of drug-likeness (QED) is 0.726. The Morgan fingerprint density at radius 3 is 2.27 bits per heavy atom. The van der Waals surface area contributed by atoms with Gasteiger partial charge in [0.05, 0.1) is 0 Å². The van der Waals surface area contributed by atoms with E-state index in [9.17, 15) is 14.4 Å². The number of imide groups is 1. The second-order valence-corrected chi connectivity index (χ2v) is 6.71. The molecule has 0 heterocycles. The zero-order valence-electron chi connectivity index (χ0n) is 16.2. The normalized spacial score (nSPS) is 11.8. The lowest BCUT2D eigenvalue weighted by Gasteiger charge is -2.15. The highest BCUT2D eigenvalue weighted by Crippen LogP contribution is 2.23. The Bertz CT molecular complexity index is 655. The van der Waals surface area contributed by atoms with Crippen molar-refractivity contribution in [1.29, 1.82) is 0 Å². The van der Waals surface area contributed by atoms with Gasteiger partial charge in [0, 0.05) is 6.04 Å². The van der Waals surface area contributed by atoms with E-state index in [0.29, 0.717) is 11.7 Å². The molecule has 1 aromatic rings. The van der Waals surface area contributed by atoms with E-state index in [1.165, 1.54) is 12.5 Å². The first-order valence-corrected chi connectivity index (χ1v) is 8.64. The lowest BCUT2D eigenvalue weighted by atomic mass is 9.98. The molecule has 0 aliphatic heterocycles. The number of benzene rings is 1. The Morgan fingerprint density at radius 1 is 1.08 bits per heavy atom. The summed E-state index contributed by atoms with van der Waals surface area (Å²) in [6.45, 7) is 10.8. The van der Waals surface area contributed by atoms with Crippen molar-refractivity contribution >= 4 is 17.9 Å². The summed E-state index contributed by atoms with van der Waals surface area (Å²) in [6, 6.07) is 4.87. The molecule has 2 N–H and O–H groups in total. The van der Waals surface area contributed by atoms with Crippen molar-refractivity contribution in [2.24, 2.45) is 0 Å². The molecular weight excluding hydrogens is 336 g/mol. The molecule has 0 unspecified atom stereocenters. The largest absolute Gasteiger partial charge is 0.482 e. The van der Waals surface area contributed by atoms with E-state index in [1.807, 2.05) is 19.1 Å². The maximum Gasteiger partial charge on any atom is 0.344 e. The smallest absolute Gasteiger partial charge is 0.344 e. The molecule has 0 saturated carbocycles. The molecule has 0 aliphatic rings. The molecule has 7 nitrogen and oxygen atoms in total. The SMILES string of the molecule is Cc1cc(OCC(=O)O[C@@H](C)C(=O)NC(=O)NC(C)C)ccc1C(C)C. The molecule has 1 aromatic carbocycles. The van der Waals surface area contributed by atoms with Crippen molar-refractivity contribution < 1.29 is 23.9 Å². The van der Waals surface area contributed by atoms with Gasteiger partial charge in [-0.05, 0) is 56.9 Å². The van der Waals surface area contributed by atoms with E-state index in [2.05, 4.69) is 24.5 Å². The number of urea groups is 1. The van der Waals surface area contributed by atoms with Gasteiger partial charge in [0.1, 0.15) is 5.75 Å². The fourth-order valence-electron chi connectivity index (χ4n) is 2.32. The molecule has 0 aliphatic carbocycles. The summed E-state index contributed by atoms with van der Waals surface area (Å²) in [4.78, 5) is 35.1. The van der Waals surface area contributed by atoms with Crippen molar-refractivity contribution in [1.82, 2.24) is 10.6 Å². The van der Waals surface area contributed by atoms with E-state index in [-0.39, 0.29) is 12.6 Å². The predicted octanol–water partition coefficient (Wildman–Crippen LogP) is 2.66. The number of rotatable bonds is 7. The number of nitrogens with one attached hydrogen (secondary N) is 2. The Morgan fingerprint density at radius 2 is 1.73 bits per heavy atom. The number of ether oxygens (including phenoxy) is 2. The Balaban J connectivity index is 2.47. The fourth-order valence-corrected chi connectivity index (χ4v) is 2.32. The molecular formula is C19H28N2O5. The molecule has 7 heteroatoms. The molecule has 1 rings (SSSR count). The number of hydrogen-bond acceptors (Lipinski definition) is 5. The molecule has 0 bridgehead atoms. The number of amides is 3. The van der Waals surface area contributed by atoms with Gasteiger partial charge in [0.15, 0.2) is 12.7 Å². The summed E-state index contributed by atoms with van der Waals surface area (Å²) in [5.41, 5.74) is 2.29. The van der Waals surface area contributed by atoms with Gasteiger partial charge >= 0.3 is 12.0 Å². The summed E-state index contributed by atoms with van der Waals surface area (Å²) in [5.74, 6) is -0.435. The highest BCUT2D eigenvalue weighted by atomic mass is 16.6. The lowest BCUT2D eigenvalue weighted by molar-refractivity contribution is -0.156. The number of esters is 1. The van der Waals surface area contributed by atoms with E-state index >= 15 is 0 Å². The minimum Gasteiger partial charge on any atom is -0.482 e. The summed E-state index contributed by atoms with van der Waals surface area (Å²) in [7, 11) is 0. The monoisotopic (exact) mass is 364 g/mol. The maximum atomic E-state index is 11.8. The van der Waals surface area contributed by atoms with Crippen LogP contribution in [0, 0.1) is 6.92 Å². The molecule has 0 radical (unpaired) electrons. The number of hydrogen-bond donors (Lipinski definition) is 2. The van der Waals surface area contributed by atoms with Gasteiger partial charge in [-0.2, -0.15) is 0 Å². The molecule has 0 spiro atoms. The third kappa shape index (κ3) is 7.13. The van der Waals surface area contributed by atoms with Gasteiger partial charge in [0.25, 0.3) is 5.91 Å². The topological polar surface area (TPSA) is 93.7 Å². The van der Waals surface area contributed by atoms with Crippen LogP contribution in [0.15, 0.2) is 18.2 Å². The van der Waals surface area contributed by atoms with Crippen molar-refractivity contribution in [3.05, 3.63) is 29.3 Å². The average molecular weight is 364 g/mol. The van der Waals surface area contributed by atoms with Gasteiger partial charge < -0.3 is 14.8 Å². The number of aryl methyl sites for hydroxylation is 1. The molecule has 1 atom stereocenters. The second-order valence-electron chi connectivity index (χ2n) is 6.71. The van der Waals surface area contributed by atoms with Crippen LogP contribution in [0.25, 0.3) is 0 Å². The maximum absolute atomic E-state index is 11.8. The zero-order chi connectivity index (χ0) is 19.9. The third-order valence-corrected chi connectivity index (χ3v) is 3.55. The van der Waals surface area contributed by atoms with E-state index in [0.717, 1.165) is 5.56 Å². The predicted molar refractivity (Wildman–Crippen MR) is 98.1 cm³/mol. The van der Waals surface area contributed by atoms with Crippen molar-refractivity contribution in [2.45, 2.75) is 59.6 Å². The molecule has 0 aromatic heterocycles. The Kier molecular flexibility index (Phi) is 8.09. The summed E-state index contributed by atoms with van der Waals surface area (Å²) < 4.78 is 10.4. The summed E-state index contributed by atoms with van der Waals surface area (Å²) in [6.07, 6.45) is -1.10. The molecule has 0 fully saturated rings. The number of carbonyl (C=O) groups is 3. The molecule has 26 heavy (non-hydrogen) atoms. The van der Waals surface area contributed by atoms with Crippen LogP contribution in [0.4, 0.5) is 4.79 Å². The van der Waals surface area contributed by atoms with E-state index in [4.69, 9.17) is 9.47 Å². The van der Waals surface area contributed by atoms with Crippen LogP contribution in [-0.2, 0) is 14.3 Å². The second kappa shape index (κ2) is 9.79. The Labute approximate surface area is 154 Å². The van der Waals surface area contributed by atoms with Crippen molar-refractivity contribution in [3.8, 4) is 5.75 Å². The fraction of sp³-hybridized carbons (Fsp3) is 0.526. The van der Waals surface area contributed by atoms with Gasteiger partial charge in [-0.1, -0.05) is 19.9 Å². The standard InChI is InChI=1S/C19H28N2O5/c1-11(2)16-8-7-15(9-13(16)5)25-10-17(22)26-14(6)18(23)21-19(24)20-12(3)4/h7-9,11-12,14H,10H2,1-6H3,(H2,20,21,23,24)/t14-/m0/s1. The van der Waals surface area contributed by atoms with Gasteiger partial charge in [0.2, 0.25) is 0 Å². The highest BCUT2D eigenvalue weighted by Gasteiger charge is 2.20. The first-order chi connectivity index (χ1) is 12.1. The van der Waals surface area contributed by atoms with Crippen LogP contribution >= 0.6 is 0 Å². The first-order valence-electron chi connectivity index (χ1n) is 8.64. The van der Waals surface area contributed by atoms with Crippen LogP contribution in [0.1, 0.15) is 51.7 Å². The van der Waals surface area contributed by atoms with Gasteiger partial charge in [-0.15, -0.1) is 0 Å². The average Bonchev–Trinajstić information content (AvgIpc) is 2.51. The van der Waals surface area contributed by atoms with E-state index < -0.39 is 24.0 Å². The van der Waals surface area contributed by atoms with E-state index in [1.54, 1.807) is 19.9 Å². The third-order valence-electron chi connectivity index (χ3n) is 3.55. The van der Waals surface area contributed by atoms with Crippen LogP contribution in [0.5, 0.6) is 5.75 Å². The van der Waals surface area contributed by atoms with Crippen LogP contribution in [0.3, 0.4) is 0 Å². The van der Waals surface area contributed by atoms with Crippen LogP contribution in [-0.4, -0.2) is 36.7 Å². The summed E-state index contributed by atoms with van der Waals surface area (Å²) >= 11 is 0. The van der Waals surface area contributed by atoms with Gasteiger partial charge in [-0.25, -0.2) is 9.59 Å². The zero-order valence-corrected chi connectivity index (χ0v) is 16.2. The summed E-state index contributed by atoms with van der Waals surface area (Å²) in [5, 5.41) is 4.62. The molecule has 0 saturated heterocycles. The first kappa shape index (κ1) is 21.5. The van der Waals surface area contributed by atoms with Crippen molar-refractivity contribution in [3.63, 3.8) is 0 Å². The number of carbonyl (C=O) groups excluding carboxylic acids is 3. The minimum atomic E-state index is -1.10. The Hall–Kier alpha value is -2.57. The molecule has 144 valence electrons. The molecule has 3 amide bonds. The van der Waals surface area contributed by atoms with Crippen LogP contribution in [0.2, 0.25) is 0 Å². The minimum absolute atomic E-state index is 0.111. The van der Waals surface area contributed by atoms with Gasteiger partial charge in [-0.3, -0.25) is 10.1 Å². The highest BCUT2D eigenvalue weighted by molar-refractivity contribution is 5.97. The van der Waals surface area contributed by atoms with Crippen LogP contribution < -0.4 is 15.4 Å². The van der Waals surface area contributed by atoms with Crippen molar-refractivity contribution in [2.75, 3.05) is 6.61 Å². The lowest BCUT2D eigenvalue weighted by Crippen LogP contribution is -2.46.